The minimum Gasteiger partial charge on any atom is -0.493 e. The Balaban J connectivity index is 1.57. The van der Waals surface area contributed by atoms with Gasteiger partial charge in [0.15, 0.2) is 17.3 Å². The summed E-state index contributed by atoms with van der Waals surface area (Å²) in [5.41, 5.74) is 0.514. The molecule has 0 aliphatic carbocycles. The fourth-order valence-electron chi connectivity index (χ4n) is 2.52. The van der Waals surface area contributed by atoms with Crippen LogP contribution in [0.15, 0.2) is 53.9 Å². The Morgan fingerprint density at radius 1 is 1.17 bits per heavy atom. The van der Waals surface area contributed by atoms with Gasteiger partial charge in [0.25, 0.3) is 5.56 Å². The molecule has 0 unspecified atom stereocenters. The highest BCUT2D eigenvalue weighted by molar-refractivity contribution is 5.91. The van der Waals surface area contributed by atoms with E-state index < -0.39 is 0 Å². The van der Waals surface area contributed by atoms with E-state index in [1.54, 1.807) is 38.5 Å². The van der Waals surface area contributed by atoms with Crippen molar-refractivity contribution in [3.05, 3.63) is 65.0 Å². The number of amides is 1. The molecule has 2 aromatic heterocycles. The van der Waals surface area contributed by atoms with Crippen molar-refractivity contribution in [1.29, 1.82) is 0 Å². The predicted molar refractivity (Wildman–Crippen MR) is 105 cm³/mol. The molecule has 2 heterocycles. The Bertz CT molecular complexity index is 1060. The lowest BCUT2D eigenvalue weighted by atomic mass is 10.2. The fraction of sp³-hybridized carbons (Fsp3) is 0.211. The smallest absolute Gasteiger partial charge is 0.266 e. The van der Waals surface area contributed by atoms with Gasteiger partial charge in [-0.2, -0.15) is 5.10 Å². The van der Waals surface area contributed by atoms with Crippen LogP contribution in [-0.2, 0) is 11.3 Å². The lowest BCUT2D eigenvalue weighted by Crippen LogP contribution is -2.31. The SMILES string of the molecule is COc1ccc(/C=C/C(=O)NCCn2nc(-n3cncn3)ccc2=O)cc1OC. The Kier molecular flexibility index (Phi) is 6.36. The quantitative estimate of drug-likeness (QED) is 0.557. The average molecular weight is 396 g/mol. The number of carbonyl (C=O) groups is 1. The number of hydrogen-bond acceptors (Lipinski definition) is 7. The summed E-state index contributed by atoms with van der Waals surface area (Å²) in [5, 5.41) is 10.9. The van der Waals surface area contributed by atoms with Gasteiger partial charge in [-0.15, -0.1) is 5.10 Å². The molecule has 10 nitrogen and oxygen atoms in total. The third-order valence-electron chi connectivity index (χ3n) is 3.96. The number of rotatable bonds is 8. The van der Waals surface area contributed by atoms with E-state index in [1.807, 2.05) is 6.07 Å². The highest BCUT2D eigenvalue weighted by Crippen LogP contribution is 2.27. The highest BCUT2D eigenvalue weighted by atomic mass is 16.5. The molecule has 0 fully saturated rings. The Hall–Kier alpha value is -3.95. The first kappa shape index (κ1) is 19.8. The first-order valence-corrected chi connectivity index (χ1v) is 8.72. The van der Waals surface area contributed by atoms with Gasteiger partial charge in [0.1, 0.15) is 12.7 Å². The van der Waals surface area contributed by atoms with E-state index in [0.717, 1.165) is 5.56 Å². The average Bonchev–Trinajstić information content (AvgIpc) is 3.28. The van der Waals surface area contributed by atoms with Crippen molar-refractivity contribution >= 4 is 12.0 Å². The minimum atomic E-state index is -0.291. The lowest BCUT2D eigenvalue weighted by molar-refractivity contribution is -0.116. The molecule has 0 atom stereocenters. The third kappa shape index (κ3) is 5.06. The van der Waals surface area contributed by atoms with E-state index in [2.05, 4.69) is 20.5 Å². The zero-order valence-electron chi connectivity index (χ0n) is 16.0. The molecule has 0 saturated heterocycles. The molecule has 0 spiro atoms. The monoisotopic (exact) mass is 396 g/mol. The van der Waals surface area contributed by atoms with Gasteiger partial charge in [0.2, 0.25) is 5.91 Å². The highest BCUT2D eigenvalue weighted by Gasteiger charge is 2.05. The summed E-state index contributed by atoms with van der Waals surface area (Å²) < 4.78 is 13.1. The van der Waals surface area contributed by atoms with E-state index in [1.165, 1.54) is 34.2 Å². The second-order valence-electron chi connectivity index (χ2n) is 5.83. The van der Waals surface area contributed by atoms with E-state index >= 15 is 0 Å². The Morgan fingerprint density at radius 3 is 2.72 bits per heavy atom. The molecular weight excluding hydrogens is 376 g/mol. The molecule has 29 heavy (non-hydrogen) atoms. The van der Waals surface area contributed by atoms with Gasteiger partial charge < -0.3 is 14.8 Å². The van der Waals surface area contributed by atoms with Gasteiger partial charge >= 0.3 is 0 Å². The molecule has 1 N–H and O–H groups in total. The van der Waals surface area contributed by atoms with Crippen LogP contribution in [-0.4, -0.2) is 51.2 Å². The molecule has 0 bridgehead atoms. The molecule has 1 amide bonds. The van der Waals surface area contributed by atoms with Crippen LogP contribution in [0, 0.1) is 0 Å². The van der Waals surface area contributed by atoms with Crippen LogP contribution < -0.4 is 20.3 Å². The number of hydrogen-bond donors (Lipinski definition) is 1. The fourth-order valence-corrected chi connectivity index (χ4v) is 2.52. The number of benzene rings is 1. The van der Waals surface area contributed by atoms with Crippen LogP contribution >= 0.6 is 0 Å². The number of ether oxygens (including phenoxy) is 2. The molecule has 3 aromatic rings. The largest absolute Gasteiger partial charge is 0.493 e. The first-order chi connectivity index (χ1) is 14.1. The topological polar surface area (TPSA) is 113 Å². The minimum absolute atomic E-state index is 0.220. The van der Waals surface area contributed by atoms with Crippen molar-refractivity contribution in [2.75, 3.05) is 20.8 Å². The number of nitrogens with zero attached hydrogens (tertiary/aromatic N) is 5. The van der Waals surface area contributed by atoms with Crippen LogP contribution in [0.3, 0.4) is 0 Å². The van der Waals surface area contributed by atoms with E-state index in [0.29, 0.717) is 17.3 Å². The van der Waals surface area contributed by atoms with E-state index in [9.17, 15) is 9.59 Å². The summed E-state index contributed by atoms with van der Waals surface area (Å²) in [6.07, 6.45) is 5.93. The van der Waals surface area contributed by atoms with Gasteiger partial charge in [-0.1, -0.05) is 6.07 Å². The van der Waals surface area contributed by atoms with Gasteiger partial charge in [-0.25, -0.2) is 14.3 Å². The third-order valence-corrected chi connectivity index (χ3v) is 3.96. The molecule has 0 aliphatic rings. The van der Waals surface area contributed by atoms with Crippen LogP contribution in [0.4, 0.5) is 0 Å². The second-order valence-corrected chi connectivity index (χ2v) is 5.83. The lowest BCUT2D eigenvalue weighted by Gasteiger charge is -2.08. The number of methoxy groups -OCH3 is 2. The maximum atomic E-state index is 12.0. The van der Waals surface area contributed by atoms with Crippen molar-refractivity contribution in [2.24, 2.45) is 0 Å². The molecule has 1 aromatic carbocycles. The van der Waals surface area contributed by atoms with Crippen molar-refractivity contribution in [3.8, 4) is 17.3 Å². The summed E-state index contributed by atoms with van der Waals surface area (Å²) in [6.45, 7) is 0.458. The summed E-state index contributed by atoms with van der Waals surface area (Å²) in [5.74, 6) is 1.36. The summed E-state index contributed by atoms with van der Waals surface area (Å²) in [4.78, 5) is 27.8. The molecular formula is C19H20N6O4. The van der Waals surface area contributed by atoms with Crippen LogP contribution in [0.25, 0.3) is 11.9 Å². The number of carbonyl (C=O) groups excluding carboxylic acids is 1. The van der Waals surface area contributed by atoms with E-state index in [4.69, 9.17) is 9.47 Å². The van der Waals surface area contributed by atoms with Crippen molar-refractivity contribution < 1.29 is 14.3 Å². The van der Waals surface area contributed by atoms with Crippen molar-refractivity contribution in [1.82, 2.24) is 29.9 Å². The van der Waals surface area contributed by atoms with Crippen LogP contribution in [0.1, 0.15) is 5.56 Å². The Labute approximate surface area is 166 Å². The first-order valence-electron chi connectivity index (χ1n) is 8.72. The zero-order chi connectivity index (χ0) is 20.6. The Morgan fingerprint density at radius 2 is 2.00 bits per heavy atom. The number of aromatic nitrogens is 5. The van der Waals surface area contributed by atoms with E-state index in [-0.39, 0.29) is 24.6 Å². The summed E-state index contributed by atoms with van der Waals surface area (Å²) >= 11 is 0. The number of nitrogens with one attached hydrogen (secondary N) is 1. The molecule has 10 heteroatoms. The van der Waals surface area contributed by atoms with Crippen LogP contribution in [0.2, 0.25) is 0 Å². The van der Waals surface area contributed by atoms with Gasteiger partial charge in [0, 0.05) is 18.7 Å². The van der Waals surface area contributed by atoms with Crippen molar-refractivity contribution in [3.63, 3.8) is 0 Å². The maximum absolute atomic E-state index is 12.0. The van der Waals surface area contributed by atoms with Crippen LogP contribution in [0.5, 0.6) is 11.5 Å². The molecule has 0 saturated carbocycles. The summed E-state index contributed by atoms with van der Waals surface area (Å²) in [7, 11) is 3.11. The molecule has 0 aliphatic heterocycles. The molecule has 0 radical (unpaired) electrons. The zero-order valence-corrected chi connectivity index (χ0v) is 16.0. The van der Waals surface area contributed by atoms with Gasteiger partial charge in [-0.05, 0) is 29.8 Å². The van der Waals surface area contributed by atoms with Gasteiger partial charge in [-0.3, -0.25) is 9.59 Å². The van der Waals surface area contributed by atoms with Crippen molar-refractivity contribution in [2.45, 2.75) is 6.54 Å². The standard InChI is InChI=1S/C19H20N6O4/c1-28-15-5-3-14(11-16(15)29-2)4-7-18(26)21-9-10-24-19(27)8-6-17(23-24)25-13-20-12-22-25/h3-8,11-13H,9-10H2,1-2H3,(H,21,26)/b7-4+. The predicted octanol–water partition coefficient (Wildman–Crippen LogP) is 0.671. The van der Waals surface area contributed by atoms with Gasteiger partial charge in [0.05, 0.1) is 20.8 Å². The molecule has 150 valence electrons. The maximum Gasteiger partial charge on any atom is 0.266 e. The molecule has 3 rings (SSSR count). The summed E-state index contributed by atoms with van der Waals surface area (Å²) in [6, 6.07) is 8.28. The normalized spacial score (nSPS) is 10.8. The second kappa shape index (κ2) is 9.31.